The number of benzene rings is 5. The third-order valence-corrected chi connectivity index (χ3v) is 7.51. The first kappa shape index (κ1) is 21.8. The number of pyridine rings is 1. The van der Waals surface area contributed by atoms with Crippen LogP contribution in [0.5, 0.6) is 5.75 Å². The van der Waals surface area contributed by atoms with Gasteiger partial charge in [-0.15, -0.1) is 11.3 Å². The van der Waals surface area contributed by atoms with Crippen molar-refractivity contribution < 1.29 is 29.0 Å². The molecule has 0 aliphatic carbocycles. The van der Waals surface area contributed by atoms with Crippen LogP contribution in [0, 0.1) is 0 Å². The van der Waals surface area contributed by atoms with E-state index in [9.17, 15) is 5.11 Å². The summed E-state index contributed by atoms with van der Waals surface area (Å²) in [6.07, 6.45) is 0. The average molecular weight is 461 g/mol. The Labute approximate surface area is 217 Å². The van der Waals surface area contributed by atoms with Gasteiger partial charge in [-0.2, -0.15) is 0 Å². The molecule has 7 aromatic rings. The van der Waals surface area contributed by atoms with Crippen LogP contribution in [0.1, 0.15) is 0 Å². The molecule has 1 N–H and O–H groups in total. The van der Waals surface area contributed by atoms with Crippen molar-refractivity contribution in [2.45, 2.75) is 0 Å². The molecule has 0 amide bonds. The third-order valence-electron chi connectivity index (χ3n) is 6.42. The van der Waals surface area contributed by atoms with E-state index in [1.807, 2.05) is 18.2 Å². The molecular formula is C30H18LiN2OS+. The standard InChI is InChI=1S/C30H18N2OS.Li/c33-26-10-5-7-18-14-15-25(31-29(18)26)28-22-8-2-1-6-19(22)16-20-12-13-21(17-23(20)28)30-32-24-9-3-4-11-27(24)34-30;/h1-17,33H;/q;+1. The molecule has 2 aromatic heterocycles. The van der Waals surface area contributed by atoms with Gasteiger partial charge < -0.3 is 5.11 Å². The predicted octanol–water partition coefficient (Wildman–Crippen LogP) is 3.98. The summed E-state index contributed by atoms with van der Waals surface area (Å²) < 4.78 is 1.18. The molecule has 0 radical (unpaired) electrons. The Morgan fingerprint density at radius 2 is 1.46 bits per heavy atom. The van der Waals surface area contributed by atoms with E-state index in [0.717, 1.165) is 48.9 Å². The molecule has 0 saturated carbocycles. The number of aromatic amines is 1. The number of aromatic nitrogens is 2. The Balaban J connectivity index is 0.00000229. The SMILES string of the molecule is [Li+].[O-]c1cccc2ccc(-c3c4ccccc4cc4ccc(-c5nc6ccccc6s5)cc34)[nH+]c12. The van der Waals surface area contributed by atoms with E-state index in [0.29, 0.717) is 5.52 Å². The van der Waals surface area contributed by atoms with Gasteiger partial charge in [0.2, 0.25) is 11.2 Å². The fourth-order valence-electron chi connectivity index (χ4n) is 4.80. The van der Waals surface area contributed by atoms with Gasteiger partial charge in [0.25, 0.3) is 0 Å². The summed E-state index contributed by atoms with van der Waals surface area (Å²) in [5, 5.41) is 19.1. The van der Waals surface area contributed by atoms with Gasteiger partial charge in [0.15, 0.2) is 0 Å². The van der Waals surface area contributed by atoms with Gasteiger partial charge in [0.05, 0.1) is 15.8 Å². The molecule has 3 nitrogen and oxygen atoms in total. The van der Waals surface area contributed by atoms with E-state index in [1.54, 1.807) is 23.5 Å². The monoisotopic (exact) mass is 461 g/mol. The molecule has 0 atom stereocenters. The Bertz CT molecular complexity index is 1860. The molecule has 35 heavy (non-hydrogen) atoms. The molecule has 5 heteroatoms. The van der Waals surface area contributed by atoms with Crippen LogP contribution >= 0.6 is 11.3 Å². The molecule has 160 valence electrons. The fraction of sp³-hybridized carbons (Fsp3) is 0. The summed E-state index contributed by atoms with van der Waals surface area (Å²) in [4.78, 5) is 8.33. The smallest absolute Gasteiger partial charge is 0.868 e. The molecule has 0 fully saturated rings. The zero-order chi connectivity index (χ0) is 22.6. The summed E-state index contributed by atoms with van der Waals surface area (Å²) in [7, 11) is 0. The maximum Gasteiger partial charge on any atom is 1.00 e. The van der Waals surface area contributed by atoms with Gasteiger partial charge in [-0.05, 0) is 63.7 Å². The number of hydrogen-bond acceptors (Lipinski definition) is 3. The minimum absolute atomic E-state index is 0. The van der Waals surface area contributed by atoms with E-state index in [4.69, 9.17) is 4.98 Å². The number of H-pyrrole nitrogens is 1. The van der Waals surface area contributed by atoms with Crippen molar-refractivity contribution in [3.05, 3.63) is 103 Å². The molecule has 0 unspecified atom stereocenters. The second-order valence-electron chi connectivity index (χ2n) is 8.49. The Morgan fingerprint density at radius 3 is 2.37 bits per heavy atom. The molecule has 0 aliphatic heterocycles. The number of rotatable bonds is 2. The zero-order valence-electron chi connectivity index (χ0n) is 19.1. The van der Waals surface area contributed by atoms with Gasteiger partial charge in [0.1, 0.15) is 5.01 Å². The predicted molar refractivity (Wildman–Crippen MR) is 139 cm³/mol. The number of nitrogens with one attached hydrogen (secondary N) is 1. The number of fused-ring (bicyclic) bond motifs is 4. The largest absolute Gasteiger partial charge is 1.00 e. The van der Waals surface area contributed by atoms with Crippen LogP contribution in [0.2, 0.25) is 0 Å². The first-order valence-corrected chi connectivity index (χ1v) is 12.0. The molecule has 5 aromatic carbocycles. The minimum atomic E-state index is -0.000873. The van der Waals surface area contributed by atoms with E-state index < -0.39 is 0 Å². The number of hydrogen-bond donors (Lipinski definition) is 0. The van der Waals surface area contributed by atoms with E-state index >= 15 is 0 Å². The summed E-state index contributed by atoms with van der Waals surface area (Å²) in [5.74, 6) is -0.000873. The van der Waals surface area contributed by atoms with E-state index in [-0.39, 0.29) is 24.6 Å². The summed E-state index contributed by atoms with van der Waals surface area (Å²) >= 11 is 1.71. The van der Waals surface area contributed by atoms with Gasteiger partial charge in [-0.1, -0.05) is 60.7 Å². The van der Waals surface area contributed by atoms with Crippen LogP contribution in [0.15, 0.2) is 103 Å². The number of nitrogens with zero attached hydrogens (tertiary/aromatic N) is 1. The molecule has 7 rings (SSSR count). The van der Waals surface area contributed by atoms with Crippen molar-refractivity contribution in [3.63, 3.8) is 0 Å². The van der Waals surface area contributed by atoms with Crippen LogP contribution in [-0.2, 0) is 0 Å². The minimum Gasteiger partial charge on any atom is -0.868 e. The van der Waals surface area contributed by atoms with Crippen molar-refractivity contribution >= 4 is 54.0 Å². The molecule has 2 heterocycles. The van der Waals surface area contributed by atoms with Crippen LogP contribution in [0.4, 0.5) is 0 Å². The fourth-order valence-corrected chi connectivity index (χ4v) is 5.76. The normalized spacial score (nSPS) is 11.3. The number of thiazole rings is 1. The molecule has 0 spiro atoms. The Morgan fingerprint density at radius 1 is 0.686 bits per heavy atom. The quantitative estimate of drug-likeness (QED) is 0.289. The van der Waals surface area contributed by atoms with Crippen molar-refractivity contribution in [1.82, 2.24) is 4.98 Å². The second kappa shape index (κ2) is 8.52. The van der Waals surface area contributed by atoms with Gasteiger partial charge in [-0.25, -0.2) is 9.97 Å². The van der Waals surface area contributed by atoms with Crippen molar-refractivity contribution in [1.29, 1.82) is 0 Å². The number of para-hydroxylation sites is 2. The Kier molecular flexibility index (Phi) is 5.31. The summed E-state index contributed by atoms with van der Waals surface area (Å²) in [5.41, 5.74) is 4.77. The maximum atomic E-state index is 12.6. The van der Waals surface area contributed by atoms with Crippen molar-refractivity contribution in [2.24, 2.45) is 0 Å². The van der Waals surface area contributed by atoms with E-state index in [1.165, 1.54) is 10.1 Å². The molecule has 0 saturated heterocycles. The van der Waals surface area contributed by atoms with Gasteiger partial charge >= 0.3 is 18.9 Å². The van der Waals surface area contributed by atoms with Gasteiger partial charge in [-0.3, -0.25) is 0 Å². The Hall–Kier alpha value is -3.68. The van der Waals surface area contributed by atoms with Crippen LogP contribution < -0.4 is 29.0 Å². The molecule has 0 aliphatic rings. The topological polar surface area (TPSA) is 50.1 Å². The van der Waals surface area contributed by atoms with E-state index in [2.05, 4.69) is 77.8 Å². The first-order valence-electron chi connectivity index (χ1n) is 11.2. The van der Waals surface area contributed by atoms with Crippen LogP contribution in [-0.4, -0.2) is 4.98 Å². The van der Waals surface area contributed by atoms with Crippen molar-refractivity contribution in [3.8, 4) is 27.6 Å². The van der Waals surface area contributed by atoms with Crippen LogP contribution in [0.25, 0.3) is 64.5 Å². The maximum absolute atomic E-state index is 12.6. The third kappa shape index (κ3) is 3.59. The van der Waals surface area contributed by atoms with Crippen LogP contribution in [0.3, 0.4) is 0 Å². The average Bonchev–Trinajstić information content (AvgIpc) is 3.32. The summed E-state index contributed by atoms with van der Waals surface area (Å²) in [6.45, 7) is 0. The zero-order valence-corrected chi connectivity index (χ0v) is 19.9. The van der Waals surface area contributed by atoms with Gasteiger partial charge in [0, 0.05) is 17.0 Å². The molecular weight excluding hydrogens is 443 g/mol. The summed E-state index contributed by atoms with van der Waals surface area (Å²) in [6, 6.07) is 34.9. The van der Waals surface area contributed by atoms with Crippen molar-refractivity contribution in [2.75, 3.05) is 0 Å². The second-order valence-corrected chi connectivity index (χ2v) is 9.52. The molecule has 0 bridgehead atoms. The first-order chi connectivity index (χ1) is 16.7.